The molecule has 32 heavy (non-hydrogen) atoms. The average Bonchev–Trinajstić information content (AvgIpc) is 3.53. The van der Waals surface area contributed by atoms with Gasteiger partial charge in [0.1, 0.15) is 5.82 Å². The highest BCUT2D eigenvalue weighted by molar-refractivity contribution is 7.12. The summed E-state index contributed by atoms with van der Waals surface area (Å²) in [5, 5.41) is 15.4. The van der Waals surface area contributed by atoms with Crippen LogP contribution in [0.15, 0.2) is 59.3 Å². The van der Waals surface area contributed by atoms with Crippen LogP contribution in [0, 0.1) is 5.82 Å². The average molecular weight is 474 g/mol. The van der Waals surface area contributed by atoms with Gasteiger partial charge in [-0.15, -0.1) is 22.7 Å². The molecule has 2 aromatic heterocycles. The second-order valence-electron chi connectivity index (χ2n) is 9.03. The van der Waals surface area contributed by atoms with Crippen LogP contribution in [-0.4, -0.2) is 60.2 Å². The summed E-state index contributed by atoms with van der Waals surface area (Å²) in [5.41, 5.74) is -0.868. The van der Waals surface area contributed by atoms with Gasteiger partial charge in [-0.2, -0.15) is 0 Å². The fraction of sp³-hybridized carbons (Fsp3) is 0.400. The molecule has 3 heterocycles. The minimum atomic E-state index is -1.62. The highest BCUT2D eigenvalue weighted by Crippen LogP contribution is 2.38. The number of piperidine rings is 1. The first-order chi connectivity index (χ1) is 15.3. The van der Waals surface area contributed by atoms with E-state index in [4.69, 9.17) is 0 Å². The smallest absolute Gasteiger partial charge is 0.265 e. The number of halogens is 1. The number of aliphatic hydroxyl groups is 1. The van der Waals surface area contributed by atoms with Crippen molar-refractivity contribution in [2.45, 2.75) is 30.9 Å². The Labute approximate surface area is 197 Å². The minimum absolute atomic E-state index is 0.144. The number of rotatable bonds is 7. The number of thiophene rings is 2. The van der Waals surface area contributed by atoms with E-state index in [0.29, 0.717) is 35.3 Å². The highest BCUT2D eigenvalue weighted by Gasteiger charge is 2.46. The van der Waals surface area contributed by atoms with E-state index in [1.54, 1.807) is 6.07 Å². The van der Waals surface area contributed by atoms with Crippen molar-refractivity contribution in [1.29, 1.82) is 0 Å². The van der Waals surface area contributed by atoms with Crippen LogP contribution in [0.4, 0.5) is 4.39 Å². The van der Waals surface area contributed by atoms with E-state index >= 15 is 0 Å². The molecule has 4 nitrogen and oxygen atoms in total. The summed E-state index contributed by atoms with van der Waals surface area (Å²) in [5.74, 6) is -0.383. The molecular weight excluding hydrogens is 443 g/mol. The molecule has 1 aromatic carbocycles. The molecule has 1 N–H and O–H groups in total. The van der Waals surface area contributed by atoms with E-state index in [-0.39, 0.29) is 11.7 Å². The van der Waals surface area contributed by atoms with E-state index in [1.807, 2.05) is 52.1 Å². The SMILES string of the molecule is C[N+](C)(CCc1ccccc1F)C1CCN(C(=O)C(O)(c2cccs2)c2cccs2)CC1. The molecule has 1 saturated heterocycles. The van der Waals surface area contributed by atoms with Gasteiger partial charge in [0, 0.05) is 32.4 Å². The highest BCUT2D eigenvalue weighted by atomic mass is 32.1. The van der Waals surface area contributed by atoms with Gasteiger partial charge in [0.15, 0.2) is 0 Å². The van der Waals surface area contributed by atoms with Crippen LogP contribution in [-0.2, 0) is 16.8 Å². The van der Waals surface area contributed by atoms with Gasteiger partial charge >= 0.3 is 0 Å². The number of hydrogen-bond donors (Lipinski definition) is 1. The van der Waals surface area contributed by atoms with Gasteiger partial charge in [0.25, 0.3) is 5.91 Å². The molecule has 0 aliphatic carbocycles. The Morgan fingerprint density at radius 1 is 1.06 bits per heavy atom. The fourth-order valence-corrected chi connectivity index (χ4v) is 6.31. The summed E-state index contributed by atoms with van der Waals surface area (Å²) in [4.78, 5) is 16.7. The van der Waals surface area contributed by atoms with Crippen molar-refractivity contribution in [3.8, 4) is 0 Å². The largest absolute Gasteiger partial charge is 0.371 e. The number of nitrogens with zero attached hydrogens (tertiary/aromatic N) is 2. The molecule has 0 bridgehead atoms. The molecule has 170 valence electrons. The Morgan fingerprint density at radius 2 is 1.66 bits per heavy atom. The van der Waals surface area contributed by atoms with Gasteiger partial charge in [-0.25, -0.2) is 4.39 Å². The zero-order valence-corrected chi connectivity index (χ0v) is 20.2. The number of carbonyl (C=O) groups excluding carboxylic acids is 1. The van der Waals surface area contributed by atoms with E-state index in [2.05, 4.69) is 14.1 Å². The minimum Gasteiger partial charge on any atom is -0.371 e. The van der Waals surface area contributed by atoms with Gasteiger partial charge in [-0.1, -0.05) is 30.3 Å². The topological polar surface area (TPSA) is 40.5 Å². The normalized spacial score (nSPS) is 15.8. The zero-order valence-electron chi connectivity index (χ0n) is 18.5. The third kappa shape index (κ3) is 4.53. The first kappa shape index (κ1) is 23.1. The molecule has 7 heteroatoms. The number of carbonyl (C=O) groups is 1. The van der Waals surface area contributed by atoms with Crippen molar-refractivity contribution in [2.75, 3.05) is 33.7 Å². The van der Waals surface area contributed by atoms with Crippen molar-refractivity contribution >= 4 is 28.6 Å². The number of amides is 1. The van der Waals surface area contributed by atoms with E-state index in [1.165, 1.54) is 28.7 Å². The Balaban J connectivity index is 1.42. The Hall–Kier alpha value is -2.06. The summed E-state index contributed by atoms with van der Waals surface area (Å²) < 4.78 is 14.8. The molecule has 0 unspecified atom stereocenters. The quantitative estimate of drug-likeness (QED) is 0.514. The van der Waals surface area contributed by atoms with Crippen molar-refractivity contribution < 1.29 is 18.8 Å². The molecule has 0 saturated carbocycles. The standard InChI is InChI=1S/C25H30FN2O2S2/c1-28(2,16-13-19-7-3-4-8-21(19)26)20-11-14-27(15-12-20)24(29)25(30,22-9-5-17-31-22)23-10-6-18-32-23/h3-10,17-18,20,30H,11-16H2,1-2H3/q+1. The predicted molar refractivity (Wildman–Crippen MR) is 128 cm³/mol. The molecule has 0 spiro atoms. The summed E-state index contributed by atoms with van der Waals surface area (Å²) in [7, 11) is 4.38. The van der Waals surface area contributed by atoms with Crippen LogP contribution in [0.1, 0.15) is 28.2 Å². The molecule has 1 aliphatic rings. The third-order valence-electron chi connectivity index (χ3n) is 6.72. The lowest BCUT2D eigenvalue weighted by molar-refractivity contribution is -0.916. The lowest BCUT2D eigenvalue weighted by Crippen LogP contribution is -2.57. The van der Waals surface area contributed by atoms with Gasteiger partial charge in [0.2, 0.25) is 5.60 Å². The second-order valence-corrected chi connectivity index (χ2v) is 10.9. The van der Waals surface area contributed by atoms with Crippen molar-refractivity contribution in [3.63, 3.8) is 0 Å². The first-order valence-electron chi connectivity index (χ1n) is 11.0. The zero-order chi connectivity index (χ0) is 22.8. The van der Waals surface area contributed by atoms with E-state index < -0.39 is 5.60 Å². The van der Waals surface area contributed by atoms with Gasteiger partial charge in [-0.3, -0.25) is 4.79 Å². The monoisotopic (exact) mass is 473 g/mol. The first-order valence-corrected chi connectivity index (χ1v) is 12.7. The van der Waals surface area contributed by atoms with Crippen molar-refractivity contribution in [3.05, 3.63) is 80.4 Å². The van der Waals surface area contributed by atoms with E-state index in [9.17, 15) is 14.3 Å². The van der Waals surface area contributed by atoms with Gasteiger partial charge in [0.05, 0.1) is 36.4 Å². The molecule has 1 amide bonds. The van der Waals surface area contributed by atoms with Crippen molar-refractivity contribution in [1.82, 2.24) is 4.90 Å². The number of likely N-dealkylation sites (N-methyl/N-ethyl adjacent to an activating group) is 1. The third-order valence-corrected chi connectivity index (χ3v) is 8.68. The van der Waals surface area contributed by atoms with Crippen LogP contribution in [0.3, 0.4) is 0 Å². The maximum atomic E-state index is 14.0. The van der Waals surface area contributed by atoms with Gasteiger partial charge < -0.3 is 14.5 Å². The fourth-order valence-electron chi connectivity index (χ4n) is 4.59. The van der Waals surface area contributed by atoms with Crippen LogP contribution < -0.4 is 0 Å². The lowest BCUT2D eigenvalue weighted by Gasteiger charge is -2.44. The van der Waals surface area contributed by atoms with E-state index in [0.717, 1.165) is 29.4 Å². The molecule has 1 fully saturated rings. The summed E-state index contributed by atoms with van der Waals surface area (Å²) in [6, 6.07) is 14.8. The number of likely N-dealkylation sites (tertiary alicyclic amines) is 1. The summed E-state index contributed by atoms with van der Waals surface area (Å²) >= 11 is 2.81. The second kappa shape index (κ2) is 9.43. The number of hydrogen-bond acceptors (Lipinski definition) is 4. The summed E-state index contributed by atoms with van der Waals surface area (Å²) in [6.45, 7) is 2.07. The van der Waals surface area contributed by atoms with Crippen molar-refractivity contribution in [2.24, 2.45) is 0 Å². The predicted octanol–water partition coefficient (Wildman–Crippen LogP) is 4.49. The van der Waals surface area contributed by atoms with Crippen LogP contribution in [0.5, 0.6) is 0 Å². The Kier molecular flexibility index (Phi) is 6.81. The maximum absolute atomic E-state index is 14.0. The number of benzene rings is 1. The lowest BCUT2D eigenvalue weighted by atomic mass is 9.94. The summed E-state index contributed by atoms with van der Waals surface area (Å²) in [6.07, 6.45) is 2.41. The Morgan fingerprint density at radius 3 is 2.19 bits per heavy atom. The molecule has 4 rings (SSSR count). The maximum Gasteiger partial charge on any atom is 0.265 e. The van der Waals surface area contributed by atoms with Crippen LogP contribution in [0.2, 0.25) is 0 Å². The molecule has 1 aliphatic heterocycles. The van der Waals surface area contributed by atoms with Crippen LogP contribution in [0.25, 0.3) is 0 Å². The Bertz CT molecular complexity index is 992. The molecule has 3 aromatic rings. The molecular formula is C25H30FN2O2S2+. The van der Waals surface area contributed by atoms with Gasteiger partial charge in [-0.05, 0) is 34.5 Å². The van der Waals surface area contributed by atoms with Crippen LogP contribution >= 0.6 is 22.7 Å². The number of quaternary nitrogens is 1. The molecule has 0 atom stereocenters. The molecule has 0 radical (unpaired) electrons.